The van der Waals surface area contributed by atoms with Crippen LogP contribution in [0.15, 0.2) is 42.5 Å². The first-order chi connectivity index (χ1) is 11.5. The highest BCUT2D eigenvalue weighted by Crippen LogP contribution is 2.25. The van der Waals surface area contributed by atoms with E-state index < -0.39 is 30.1 Å². The lowest BCUT2D eigenvalue weighted by Gasteiger charge is -2.14. The molecule has 3 rings (SSSR count). The van der Waals surface area contributed by atoms with Crippen LogP contribution in [0.25, 0.3) is 0 Å². The molecule has 0 atom stereocenters. The Morgan fingerprint density at radius 2 is 1.92 bits per heavy atom. The van der Waals surface area contributed by atoms with Crippen molar-refractivity contribution in [3.05, 3.63) is 59.4 Å². The Morgan fingerprint density at radius 3 is 2.62 bits per heavy atom. The summed E-state index contributed by atoms with van der Waals surface area (Å²) in [5, 5.41) is 2.57. The summed E-state index contributed by atoms with van der Waals surface area (Å²) in [7, 11) is 1.49. The van der Waals surface area contributed by atoms with Crippen molar-refractivity contribution in [1.29, 1.82) is 0 Å². The molecule has 0 aliphatic carbocycles. The number of hydrogen-bond acceptors (Lipinski definition) is 4. The summed E-state index contributed by atoms with van der Waals surface area (Å²) in [6.07, 6.45) is 0. The molecule has 0 radical (unpaired) electrons. The van der Waals surface area contributed by atoms with E-state index in [1.165, 1.54) is 19.2 Å². The van der Waals surface area contributed by atoms with Crippen LogP contribution in [0.3, 0.4) is 0 Å². The van der Waals surface area contributed by atoms with E-state index in [2.05, 4.69) is 5.32 Å². The molecule has 1 aliphatic rings. The van der Waals surface area contributed by atoms with Crippen molar-refractivity contribution in [3.8, 4) is 5.75 Å². The smallest absolute Gasteiger partial charge is 0.265 e. The number of carbonyl (C=O) groups is 3. The Balaban J connectivity index is 1.75. The summed E-state index contributed by atoms with van der Waals surface area (Å²) >= 11 is 0. The van der Waals surface area contributed by atoms with Crippen LogP contribution in [0.5, 0.6) is 5.75 Å². The topological polar surface area (TPSA) is 75.7 Å². The van der Waals surface area contributed by atoms with Gasteiger partial charge in [0.25, 0.3) is 11.8 Å². The average molecular weight is 328 g/mol. The molecule has 0 saturated carbocycles. The molecule has 2 aromatic carbocycles. The number of benzene rings is 2. The van der Waals surface area contributed by atoms with Crippen LogP contribution >= 0.6 is 0 Å². The highest BCUT2D eigenvalue weighted by atomic mass is 19.1. The number of rotatable bonds is 4. The van der Waals surface area contributed by atoms with E-state index in [9.17, 15) is 18.8 Å². The third kappa shape index (κ3) is 2.71. The minimum Gasteiger partial charge on any atom is -0.497 e. The molecule has 1 aliphatic heterocycles. The highest BCUT2D eigenvalue weighted by Gasteiger charge is 2.38. The van der Waals surface area contributed by atoms with E-state index in [1.54, 1.807) is 24.3 Å². The zero-order valence-corrected chi connectivity index (χ0v) is 12.7. The lowest BCUT2D eigenvalue weighted by atomic mass is 10.1. The lowest BCUT2D eigenvalue weighted by Crippen LogP contribution is -2.37. The number of nitrogens with one attached hydrogen (secondary N) is 1. The fourth-order valence-corrected chi connectivity index (χ4v) is 2.48. The fraction of sp³-hybridized carbons (Fsp3) is 0.118. The van der Waals surface area contributed by atoms with Gasteiger partial charge in [0.2, 0.25) is 5.91 Å². The normalized spacial score (nSPS) is 13.0. The van der Waals surface area contributed by atoms with Gasteiger partial charge in [-0.2, -0.15) is 0 Å². The van der Waals surface area contributed by atoms with Crippen LogP contribution in [0, 0.1) is 5.82 Å². The van der Waals surface area contributed by atoms with Gasteiger partial charge in [-0.1, -0.05) is 12.1 Å². The van der Waals surface area contributed by atoms with E-state index >= 15 is 0 Å². The first-order valence-electron chi connectivity index (χ1n) is 7.10. The molecule has 0 aromatic heterocycles. The molecule has 6 nitrogen and oxygen atoms in total. The minimum absolute atomic E-state index is 0.0332. The molecule has 24 heavy (non-hydrogen) atoms. The van der Waals surface area contributed by atoms with Gasteiger partial charge in [0.05, 0.1) is 18.2 Å². The maximum Gasteiger partial charge on any atom is 0.265 e. The average Bonchev–Trinajstić information content (AvgIpc) is 2.81. The fourth-order valence-electron chi connectivity index (χ4n) is 2.48. The molecule has 1 heterocycles. The van der Waals surface area contributed by atoms with Crippen LogP contribution < -0.4 is 10.1 Å². The largest absolute Gasteiger partial charge is 0.497 e. The van der Waals surface area contributed by atoms with Gasteiger partial charge >= 0.3 is 0 Å². The second kappa shape index (κ2) is 6.11. The zero-order chi connectivity index (χ0) is 17.3. The Morgan fingerprint density at radius 1 is 1.17 bits per heavy atom. The number of fused-ring (bicyclic) bond motifs is 1. The number of methoxy groups -OCH3 is 1. The summed E-state index contributed by atoms with van der Waals surface area (Å²) in [4.78, 5) is 37.2. The van der Waals surface area contributed by atoms with Gasteiger partial charge in [-0.15, -0.1) is 0 Å². The van der Waals surface area contributed by atoms with Gasteiger partial charge in [0.15, 0.2) is 0 Å². The van der Waals surface area contributed by atoms with Crippen molar-refractivity contribution in [2.75, 3.05) is 19.0 Å². The number of anilines is 1. The second-order valence-electron chi connectivity index (χ2n) is 5.14. The van der Waals surface area contributed by atoms with Gasteiger partial charge in [-0.05, 0) is 24.3 Å². The van der Waals surface area contributed by atoms with Crippen LogP contribution in [0.2, 0.25) is 0 Å². The molecule has 2 aromatic rings. The Hall–Kier alpha value is -3.22. The van der Waals surface area contributed by atoms with E-state index in [0.29, 0.717) is 11.4 Å². The quantitative estimate of drug-likeness (QED) is 0.872. The molecular weight excluding hydrogens is 315 g/mol. The number of amides is 3. The van der Waals surface area contributed by atoms with E-state index in [0.717, 1.165) is 11.0 Å². The number of carbonyl (C=O) groups excluding carboxylic acids is 3. The van der Waals surface area contributed by atoms with Crippen LogP contribution in [0.1, 0.15) is 20.7 Å². The summed E-state index contributed by atoms with van der Waals surface area (Å²) < 4.78 is 18.8. The Bertz CT molecular complexity index is 850. The molecule has 3 amide bonds. The summed E-state index contributed by atoms with van der Waals surface area (Å²) in [5.74, 6) is -2.29. The van der Waals surface area contributed by atoms with Crippen LogP contribution in [0.4, 0.5) is 10.1 Å². The predicted molar refractivity (Wildman–Crippen MR) is 83.4 cm³/mol. The predicted octanol–water partition coefficient (Wildman–Crippen LogP) is 2.07. The standard InChI is InChI=1S/C17H13FN2O4/c1-24-11-5-2-4-10(8-11)19-14(21)9-20-16(22)12-6-3-7-13(18)15(12)17(20)23/h2-8H,9H2,1H3,(H,19,21). The number of nitrogens with zero attached hydrogens (tertiary/aromatic N) is 1. The van der Waals surface area contributed by atoms with Gasteiger partial charge in [0.1, 0.15) is 18.1 Å². The molecule has 0 fully saturated rings. The Labute approximate surface area is 136 Å². The second-order valence-corrected chi connectivity index (χ2v) is 5.14. The third-order valence-corrected chi connectivity index (χ3v) is 3.60. The zero-order valence-electron chi connectivity index (χ0n) is 12.7. The SMILES string of the molecule is COc1cccc(NC(=O)CN2C(=O)c3cccc(F)c3C2=O)c1. The lowest BCUT2D eigenvalue weighted by molar-refractivity contribution is -0.116. The van der Waals surface area contributed by atoms with E-state index in [1.807, 2.05) is 0 Å². The van der Waals surface area contributed by atoms with Crippen molar-refractivity contribution in [3.63, 3.8) is 0 Å². The molecule has 0 spiro atoms. The molecule has 0 saturated heterocycles. The van der Waals surface area contributed by atoms with Crippen LogP contribution in [-0.4, -0.2) is 36.3 Å². The summed E-state index contributed by atoms with van der Waals surface area (Å²) in [6, 6.07) is 10.4. The van der Waals surface area contributed by atoms with E-state index in [4.69, 9.17) is 4.74 Å². The highest BCUT2D eigenvalue weighted by molar-refractivity contribution is 6.22. The van der Waals surface area contributed by atoms with Gasteiger partial charge in [0, 0.05) is 11.8 Å². The van der Waals surface area contributed by atoms with Crippen molar-refractivity contribution in [2.45, 2.75) is 0 Å². The number of imide groups is 1. The maximum absolute atomic E-state index is 13.7. The molecule has 0 unspecified atom stereocenters. The molecular formula is C17H13FN2O4. The summed E-state index contributed by atoms with van der Waals surface area (Å²) in [5.41, 5.74) is 0.132. The van der Waals surface area contributed by atoms with Crippen molar-refractivity contribution in [1.82, 2.24) is 4.90 Å². The minimum atomic E-state index is -0.811. The summed E-state index contributed by atoms with van der Waals surface area (Å²) in [6.45, 7) is -0.497. The van der Waals surface area contributed by atoms with Crippen molar-refractivity contribution >= 4 is 23.4 Å². The molecule has 1 N–H and O–H groups in total. The number of hydrogen-bond donors (Lipinski definition) is 1. The third-order valence-electron chi connectivity index (χ3n) is 3.60. The van der Waals surface area contributed by atoms with Gasteiger partial charge < -0.3 is 10.1 Å². The number of ether oxygens (including phenoxy) is 1. The monoisotopic (exact) mass is 328 g/mol. The van der Waals surface area contributed by atoms with E-state index in [-0.39, 0.29) is 11.1 Å². The first kappa shape index (κ1) is 15.7. The first-order valence-corrected chi connectivity index (χ1v) is 7.10. The van der Waals surface area contributed by atoms with Gasteiger partial charge in [-0.3, -0.25) is 19.3 Å². The van der Waals surface area contributed by atoms with Gasteiger partial charge in [-0.25, -0.2) is 4.39 Å². The molecule has 0 bridgehead atoms. The van der Waals surface area contributed by atoms with Crippen LogP contribution in [-0.2, 0) is 4.79 Å². The number of halogens is 1. The van der Waals surface area contributed by atoms with Crippen molar-refractivity contribution in [2.24, 2.45) is 0 Å². The maximum atomic E-state index is 13.7. The molecule has 7 heteroatoms. The van der Waals surface area contributed by atoms with Crippen molar-refractivity contribution < 1.29 is 23.5 Å². The molecule has 122 valence electrons. The Kier molecular flexibility index (Phi) is 3.99.